The summed E-state index contributed by atoms with van der Waals surface area (Å²) in [4.78, 5) is 13.6. The Kier molecular flexibility index (Phi) is 3.48. The van der Waals surface area contributed by atoms with Gasteiger partial charge in [0.15, 0.2) is 5.11 Å². The number of carbonyl (C=O) groups excluding carboxylic acids is 1. The van der Waals surface area contributed by atoms with Crippen LogP contribution in [-0.2, 0) is 17.6 Å². The number of benzene rings is 1. The molecule has 1 fully saturated rings. The summed E-state index contributed by atoms with van der Waals surface area (Å²) in [5.41, 5.74) is 9.03. The Morgan fingerprint density at radius 1 is 1.45 bits per heavy atom. The van der Waals surface area contributed by atoms with Crippen LogP contribution in [0.5, 0.6) is 0 Å². The summed E-state index contributed by atoms with van der Waals surface area (Å²) in [5, 5.41) is 3.05. The Morgan fingerprint density at radius 2 is 2.25 bits per heavy atom. The molecule has 0 unspecified atom stereocenters. The summed E-state index contributed by atoms with van der Waals surface area (Å²) in [5.74, 6) is 0. The number of rotatable bonds is 3. The number of amides is 1. The van der Waals surface area contributed by atoms with E-state index in [9.17, 15) is 4.79 Å². The number of ether oxygens (including phenoxy) is 1. The van der Waals surface area contributed by atoms with E-state index in [0.717, 1.165) is 18.5 Å². The number of aryl methyl sites for hydroxylation is 2. The molecule has 1 atom stereocenters. The number of fused-ring (bicyclic) bond motifs is 1. The van der Waals surface area contributed by atoms with Gasteiger partial charge in [0.1, 0.15) is 6.10 Å². The predicted octanol–water partition coefficient (Wildman–Crippen LogP) is 1.33. The third-order valence-electron chi connectivity index (χ3n) is 3.77. The molecular weight excluding hydrogens is 274 g/mol. The number of nitrogens with two attached hydrogens (primary N) is 1. The van der Waals surface area contributed by atoms with Crippen LogP contribution >= 0.6 is 12.2 Å². The average Bonchev–Trinajstić information content (AvgIpc) is 3.01. The Balaban J connectivity index is 1.71. The fourth-order valence-corrected chi connectivity index (χ4v) is 2.86. The van der Waals surface area contributed by atoms with E-state index in [1.165, 1.54) is 17.5 Å². The van der Waals surface area contributed by atoms with Gasteiger partial charge in [-0.2, -0.15) is 0 Å². The summed E-state index contributed by atoms with van der Waals surface area (Å²) in [6.07, 6.45) is 2.90. The molecule has 0 saturated carbocycles. The molecule has 20 heavy (non-hydrogen) atoms. The molecule has 1 aliphatic heterocycles. The molecule has 1 aromatic rings. The van der Waals surface area contributed by atoms with Crippen LogP contribution in [0.1, 0.15) is 17.5 Å². The number of thiocarbonyl (C=S) groups is 1. The molecular formula is C14H17N3O2S. The van der Waals surface area contributed by atoms with Crippen molar-refractivity contribution in [2.75, 3.05) is 18.0 Å². The molecule has 2 aliphatic rings. The smallest absolute Gasteiger partial charge is 0.414 e. The molecule has 3 N–H and O–H groups in total. The maximum Gasteiger partial charge on any atom is 0.414 e. The Bertz CT molecular complexity index is 561. The van der Waals surface area contributed by atoms with Crippen molar-refractivity contribution < 1.29 is 9.53 Å². The van der Waals surface area contributed by atoms with Gasteiger partial charge in [-0.05, 0) is 54.7 Å². The first kappa shape index (κ1) is 13.2. The second-order valence-corrected chi connectivity index (χ2v) is 5.61. The molecule has 1 aliphatic carbocycles. The highest BCUT2D eigenvalue weighted by molar-refractivity contribution is 7.80. The van der Waals surface area contributed by atoms with Crippen LogP contribution in [-0.4, -0.2) is 30.4 Å². The van der Waals surface area contributed by atoms with Crippen molar-refractivity contribution in [3.8, 4) is 0 Å². The molecule has 6 heteroatoms. The van der Waals surface area contributed by atoms with E-state index in [-0.39, 0.29) is 17.3 Å². The van der Waals surface area contributed by atoms with Crippen molar-refractivity contribution in [2.24, 2.45) is 5.73 Å². The third kappa shape index (κ3) is 2.56. The SMILES string of the molecule is NC(=S)NC[C@H]1CN(c2ccc3c(c2)CCC3)C(=O)O1. The summed E-state index contributed by atoms with van der Waals surface area (Å²) >= 11 is 4.75. The first-order valence-electron chi connectivity index (χ1n) is 6.77. The molecule has 1 amide bonds. The van der Waals surface area contributed by atoms with Gasteiger partial charge in [-0.3, -0.25) is 4.90 Å². The van der Waals surface area contributed by atoms with Crippen molar-refractivity contribution in [1.82, 2.24) is 5.32 Å². The van der Waals surface area contributed by atoms with E-state index >= 15 is 0 Å². The van der Waals surface area contributed by atoms with Crippen LogP contribution in [0.25, 0.3) is 0 Å². The molecule has 1 heterocycles. The minimum absolute atomic E-state index is 0.219. The van der Waals surface area contributed by atoms with Crippen molar-refractivity contribution in [2.45, 2.75) is 25.4 Å². The number of carbonyl (C=O) groups is 1. The van der Waals surface area contributed by atoms with E-state index in [1.54, 1.807) is 4.90 Å². The van der Waals surface area contributed by atoms with Crippen LogP contribution in [0.4, 0.5) is 10.5 Å². The Hall–Kier alpha value is -1.82. The minimum Gasteiger partial charge on any atom is -0.442 e. The molecule has 1 aromatic carbocycles. The maximum absolute atomic E-state index is 11.9. The lowest BCUT2D eigenvalue weighted by atomic mass is 10.1. The zero-order valence-corrected chi connectivity index (χ0v) is 11.9. The highest BCUT2D eigenvalue weighted by atomic mass is 32.1. The zero-order chi connectivity index (χ0) is 14.1. The molecule has 106 valence electrons. The van der Waals surface area contributed by atoms with Gasteiger partial charge in [0.2, 0.25) is 0 Å². The quantitative estimate of drug-likeness (QED) is 0.823. The zero-order valence-electron chi connectivity index (χ0n) is 11.1. The van der Waals surface area contributed by atoms with Crippen molar-refractivity contribution >= 4 is 29.1 Å². The summed E-state index contributed by atoms with van der Waals surface area (Å²) in [6.45, 7) is 0.968. The lowest BCUT2D eigenvalue weighted by molar-refractivity contribution is 0.143. The van der Waals surface area contributed by atoms with Crippen LogP contribution in [0.15, 0.2) is 18.2 Å². The van der Waals surface area contributed by atoms with Crippen molar-refractivity contribution in [3.05, 3.63) is 29.3 Å². The molecule has 5 nitrogen and oxygen atoms in total. The Labute approximate surface area is 123 Å². The first-order valence-corrected chi connectivity index (χ1v) is 7.17. The van der Waals surface area contributed by atoms with Crippen LogP contribution < -0.4 is 16.0 Å². The second-order valence-electron chi connectivity index (χ2n) is 5.17. The lowest BCUT2D eigenvalue weighted by Crippen LogP contribution is -2.37. The summed E-state index contributed by atoms with van der Waals surface area (Å²) < 4.78 is 5.31. The largest absolute Gasteiger partial charge is 0.442 e. The fourth-order valence-electron chi connectivity index (χ4n) is 2.78. The highest BCUT2D eigenvalue weighted by Crippen LogP contribution is 2.29. The normalized spacial score (nSPS) is 20.7. The lowest BCUT2D eigenvalue weighted by Gasteiger charge is -2.14. The van der Waals surface area contributed by atoms with Gasteiger partial charge in [-0.1, -0.05) is 6.07 Å². The van der Waals surface area contributed by atoms with E-state index in [0.29, 0.717) is 13.1 Å². The highest BCUT2D eigenvalue weighted by Gasteiger charge is 2.32. The third-order valence-corrected chi connectivity index (χ3v) is 3.92. The number of cyclic esters (lactones) is 1. The minimum atomic E-state index is -0.308. The molecule has 3 rings (SSSR count). The topological polar surface area (TPSA) is 67.6 Å². The summed E-state index contributed by atoms with van der Waals surface area (Å²) in [6, 6.07) is 6.22. The first-order chi connectivity index (χ1) is 9.63. The van der Waals surface area contributed by atoms with Gasteiger partial charge < -0.3 is 15.8 Å². The van der Waals surface area contributed by atoms with Gasteiger partial charge in [0.25, 0.3) is 0 Å². The molecule has 0 aromatic heterocycles. The molecule has 0 bridgehead atoms. The average molecular weight is 291 g/mol. The van der Waals surface area contributed by atoms with Gasteiger partial charge in [0.05, 0.1) is 13.1 Å². The predicted molar refractivity (Wildman–Crippen MR) is 80.9 cm³/mol. The second kappa shape index (κ2) is 5.28. The number of nitrogens with zero attached hydrogens (tertiary/aromatic N) is 1. The standard InChI is InChI=1S/C14H17N3O2S/c15-13(20)16-7-12-8-17(14(18)19-12)11-5-4-9-2-1-3-10(9)6-11/h4-6,12H,1-3,7-8H2,(H3,15,16,20)/t12-/m0/s1. The molecule has 0 radical (unpaired) electrons. The van der Waals surface area contributed by atoms with Gasteiger partial charge in [-0.25, -0.2) is 4.79 Å². The van der Waals surface area contributed by atoms with E-state index in [4.69, 9.17) is 22.7 Å². The fraction of sp³-hybridized carbons (Fsp3) is 0.429. The number of hydrogen-bond acceptors (Lipinski definition) is 3. The van der Waals surface area contributed by atoms with Crippen molar-refractivity contribution in [3.63, 3.8) is 0 Å². The van der Waals surface area contributed by atoms with Crippen LogP contribution in [0.3, 0.4) is 0 Å². The maximum atomic E-state index is 11.9. The monoisotopic (exact) mass is 291 g/mol. The van der Waals surface area contributed by atoms with Gasteiger partial charge in [0, 0.05) is 5.69 Å². The van der Waals surface area contributed by atoms with Crippen molar-refractivity contribution in [1.29, 1.82) is 0 Å². The van der Waals surface area contributed by atoms with Gasteiger partial charge >= 0.3 is 6.09 Å². The van der Waals surface area contributed by atoms with Crippen LogP contribution in [0.2, 0.25) is 0 Å². The number of hydrogen-bond donors (Lipinski definition) is 2. The summed E-state index contributed by atoms with van der Waals surface area (Å²) in [7, 11) is 0. The Morgan fingerprint density at radius 3 is 3.05 bits per heavy atom. The van der Waals surface area contributed by atoms with E-state index in [2.05, 4.69) is 17.4 Å². The molecule has 0 spiro atoms. The molecule has 1 saturated heterocycles. The van der Waals surface area contributed by atoms with E-state index in [1.807, 2.05) is 6.07 Å². The van der Waals surface area contributed by atoms with E-state index < -0.39 is 0 Å². The van der Waals surface area contributed by atoms with Gasteiger partial charge in [-0.15, -0.1) is 0 Å². The number of nitrogens with one attached hydrogen (secondary N) is 1. The number of anilines is 1. The van der Waals surface area contributed by atoms with Crippen LogP contribution in [0, 0.1) is 0 Å².